The van der Waals surface area contributed by atoms with Crippen LogP contribution in [0.5, 0.6) is 0 Å². The third kappa shape index (κ3) is 2.39. The van der Waals surface area contributed by atoms with Crippen molar-refractivity contribution in [3.63, 3.8) is 0 Å². The lowest BCUT2D eigenvalue weighted by Crippen LogP contribution is -2.38. The highest BCUT2D eigenvalue weighted by molar-refractivity contribution is 5.41. The van der Waals surface area contributed by atoms with Gasteiger partial charge in [0.15, 0.2) is 0 Å². The second-order valence-corrected chi connectivity index (χ2v) is 3.87. The van der Waals surface area contributed by atoms with Crippen LogP contribution in [0, 0.1) is 0 Å². The average Bonchev–Trinajstić information content (AvgIpc) is 2.58. The lowest BCUT2D eigenvalue weighted by Gasteiger charge is -2.26. The van der Waals surface area contributed by atoms with Gasteiger partial charge in [-0.1, -0.05) is 31.7 Å². The molecule has 0 saturated carbocycles. The molecule has 2 heteroatoms. The SMILES string of the molecule is C=C1COC(CC)(CN)/C1=C/C/C=C\C. The maximum Gasteiger partial charge on any atom is 0.105 e. The summed E-state index contributed by atoms with van der Waals surface area (Å²) in [7, 11) is 0. The van der Waals surface area contributed by atoms with Crippen molar-refractivity contribution in [2.45, 2.75) is 32.3 Å². The van der Waals surface area contributed by atoms with Crippen LogP contribution in [0.1, 0.15) is 26.7 Å². The zero-order chi connectivity index (χ0) is 11.3. The van der Waals surface area contributed by atoms with Crippen LogP contribution in [0.2, 0.25) is 0 Å². The normalized spacial score (nSPS) is 29.5. The average molecular weight is 207 g/mol. The fraction of sp³-hybridized carbons (Fsp3) is 0.538. The molecular weight excluding hydrogens is 186 g/mol. The van der Waals surface area contributed by atoms with E-state index in [2.05, 4.69) is 25.7 Å². The maximum absolute atomic E-state index is 5.81. The molecule has 0 bridgehead atoms. The smallest absolute Gasteiger partial charge is 0.105 e. The van der Waals surface area contributed by atoms with Crippen molar-refractivity contribution in [2.24, 2.45) is 5.73 Å². The van der Waals surface area contributed by atoms with Crippen LogP contribution in [-0.4, -0.2) is 18.8 Å². The van der Waals surface area contributed by atoms with Gasteiger partial charge in [0, 0.05) is 6.54 Å². The highest BCUT2D eigenvalue weighted by atomic mass is 16.5. The quantitative estimate of drug-likeness (QED) is 0.719. The van der Waals surface area contributed by atoms with Crippen molar-refractivity contribution in [1.82, 2.24) is 0 Å². The molecular formula is C13H21NO. The summed E-state index contributed by atoms with van der Waals surface area (Å²) in [5, 5.41) is 0. The standard InChI is InChI=1S/C13H21NO/c1-4-6-7-8-12-11(3)9-15-13(12,5-2)10-14/h4,6,8H,3,5,7,9-10,14H2,1-2H3/b6-4-,12-8+. The lowest BCUT2D eigenvalue weighted by molar-refractivity contribution is 0.0311. The first-order valence-corrected chi connectivity index (χ1v) is 5.54. The molecule has 1 unspecified atom stereocenters. The molecule has 0 aromatic rings. The number of ether oxygens (including phenoxy) is 1. The Hall–Kier alpha value is -0.860. The van der Waals surface area contributed by atoms with Gasteiger partial charge in [-0.2, -0.15) is 0 Å². The number of nitrogens with two attached hydrogens (primary N) is 1. The molecule has 15 heavy (non-hydrogen) atoms. The predicted octanol–water partition coefficient (Wildman–Crippen LogP) is 2.57. The third-order valence-electron chi connectivity index (χ3n) is 2.99. The van der Waals surface area contributed by atoms with Crippen molar-refractivity contribution in [3.8, 4) is 0 Å². The molecule has 1 rings (SSSR count). The summed E-state index contributed by atoms with van der Waals surface area (Å²) in [6.45, 7) is 9.31. The van der Waals surface area contributed by atoms with E-state index in [0.717, 1.165) is 18.4 Å². The minimum atomic E-state index is -0.279. The van der Waals surface area contributed by atoms with Crippen molar-refractivity contribution in [2.75, 3.05) is 13.2 Å². The van der Waals surface area contributed by atoms with E-state index in [1.807, 2.05) is 13.0 Å². The Morgan fingerprint density at radius 2 is 2.33 bits per heavy atom. The molecule has 0 aromatic heterocycles. The molecule has 0 spiro atoms. The van der Waals surface area contributed by atoms with Crippen molar-refractivity contribution < 1.29 is 4.74 Å². The van der Waals surface area contributed by atoms with Gasteiger partial charge in [-0.05, 0) is 30.9 Å². The Bertz CT molecular complexity index is 285. The largest absolute Gasteiger partial charge is 0.364 e. The van der Waals surface area contributed by atoms with Crippen LogP contribution in [0.15, 0.2) is 36.0 Å². The monoisotopic (exact) mass is 207 g/mol. The van der Waals surface area contributed by atoms with E-state index in [0.29, 0.717) is 13.2 Å². The lowest BCUT2D eigenvalue weighted by atomic mass is 9.88. The molecule has 1 heterocycles. The van der Waals surface area contributed by atoms with Gasteiger partial charge in [0.05, 0.1) is 6.61 Å². The van der Waals surface area contributed by atoms with Gasteiger partial charge >= 0.3 is 0 Å². The summed E-state index contributed by atoms with van der Waals surface area (Å²) in [4.78, 5) is 0. The van der Waals surface area contributed by atoms with Gasteiger partial charge in [-0.3, -0.25) is 0 Å². The first-order chi connectivity index (χ1) is 7.20. The summed E-state index contributed by atoms with van der Waals surface area (Å²) < 4.78 is 5.78. The molecule has 1 aliphatic rings. The summed E-state index contributed by atoms with van der Waals surface area (Å²) in [5.41, 5.74) is 7.81. The highest BCUT2D eigenvalue weighted by Crippen LogP contribution is 2.36. The van der Waals surface area contributed by atoms with Crippen molar-refractivity contribution in [3.05, 3.63) is 36.0 Å². The second kappa shape index (κ2) is 5.29. The molecule has 2 nitrogen and oxygen atoms in total. The molecule has 1 atom stereocenters. The fourth-order valence-electron chi connectivity index (χ4n) is 1.96. The van der Waals surface area contributed by atoms with Gasteiger partial charge in [0.25, 0.3) is 0 Å². The van der Waals surface area contributed by atoms with Crippen LogP contribution >= 0.6 is 0 Å². The summed E-state index contributed by atoms with van der Waals surface area (Å²) in [6, 6.07) is 0. The van der Waals surface area contributed by atoms with Crippen LogP contribution in [0.25, 0.3) is 0 Å². The van der Waals surface area contributed by atoms with Gasteiger partial charge in [-0.25, -0.2) is 0 Å². The van der Waals surface area contributed by atoms with Crippen LogP contribution in [0.3, 0.4) is 0 Å². The Morgan fingerprint density at radius 1 is 1.60 bits per heavy atom. The van der Waals surface area contributed by atoms with Gasteiger partial charge < -0.3 is 10.5 Å². The Kier molecular flexibility index (Phi) is 4.30. The van der Waals surface area contributed by atoms with E-state index in [1.165, 1.54) is 5.57 Å². The van der Waals surface area contributed by atoms with E-state index in [9.17, 15) is 0 Å². The first-order valence-electron chi connectivity index (χ1n) is 5.54. The van der Waals surface area contributed by atoms with Crippen molar-refractivity contribution in [1.29, 1.82) is 0 Å². The van der Waals surface area contributed by atoms with E-state index in [4.69, 9.17) is 10.5 Å². The molecule has 0 amide bonds. The number of rotatable bonds is 4. The highest BCUT2D eigenvalue weighted by Gasteiger charge is 2.38. The van der Waals surface area contributed by atoms with E-state index in [1.54, 1.807) is 0 Å². The molecule has 0 aromatic carbocycles. The van der Waals surface area contributed by atoms with E-state index >= 15 is 0 Å². The van der Waals surface area contributed by atoms with Crippen LogP contribution < -0.4 is 5.73 Å². The van der Waals surface area contributed by atoms with Gasteiger partial charge in [-0.15, -0.1) is 0 Å². The molecule has 2 N–H and O–H groups in total. The van der Waals surface area contributed by atoms with E-state index < -0.39 is 0 Å². The zero-order valence-electron chi connectivity index (χ0n) is 9.75. The Labute approximate surface area is 92.5 Å². The predicted molar refractivity (Wildman–Crippen MR) is 64.7 cm³/mol. The summed E-state index contributed by atoms with van der Waals surface area (Å²) >= 11 is 0. The Balaban J connectivity index is 2.89. The number of hydrogen-bond donors (Lipinski definition) is 1. The zero-order valence-corrected chi connectivity index (χ0v) is 9.75. The molecule has 0 aliphatic carbocycles. The number of allylic oxidation sites excluding steroid dienone is 3. The third-order valence-corrected chi connectivity index (χ3v) is 2.99. The van der Waals surface area contributed by atoms with Crippen LogP contribution in [0.4, 0.5) is 0 Å². The maximum atomic E-state index is 5.81. The minimum absolute atomic E-state index is 0.279. The van der Waals surface area contributed by atoms with E-state index in [-0.39, 0.29) is 5.60 Å². The minimum Gasteiger partial charge on any atom is -0.364 e. The molecule has 1 aliphatic heterocycles. The number of hydrogen-bond acceptors (Lipinski definition) is 2. The second-order valence-electron chi connectivity index (χ2n) is 3.87. The van der Waals surface area contributed by atoms with Gasteiger partial charge in [0.2, 0.25) is 0 Å². The molecule has 1 saturated heterocycles. The first kappa shape index (κ1) is 12.2. The molecule has 1 fully saturated rings. The Morgan fingerprint density at radius 3 is 2.87 bits per heavy atom. The summed E-state index contributed by atoms with van der Waals surface area (Å²) in [6.07, 6.45) is 8.19. The molecule has 0 radical (unpaired) electrons. The van der Waals surface area contributed by atoms with Crippen molar-refractivity contribution >= 4 is 0 Å². The topological polar surface area (TPSA) is 35.2 Å². The fourth-order valence-corrected chi connectivity index (χ4v) is 1.96. The summed E-state index contributed by atoms with van der Waals surface area (Å²) in [5.74, 6) is 0. The van der Waals surface area contributed by atoms with Gasteiger partial charge in [0.1, 0.15) is 5.60 Å². The molecule has 84 valence electrons. The van der Waals surface area contributed by atoms with Crippen LogP contribution in [-0.2, 0) is 4.74 Å².